The number of hydrogen-bond acceptors (Lipinski definition) is 3. The molecule has 4 heteroatoms. The minimum absolute atomic E-state index is 0.403. The molecule has 4 nitrogen and oxygen atoms in total. The molecule has 126 valence electrons. The second-order valence-electron chi connectivity index (χ2n) is 6.07. The lowest BCUT2D eigenvalue weighted by Crippen LogP contribution is -2.13. The maximum Gasteiger partial charge on any atom is 0.249 e. The number of pyridine rings is 1. The van der Waals surface area contributed by atoms with Crippen molar-refractivity contribution in [3.05, 3.63) is 84.4 Å². The average molecular weight is 339 g/mol. The van der Waals surface area contributed by atoms with Crippen molar-refractivity contribution in [2.45, 2.75) is 0 Å². The normalized spacial score (nSPS) is 10.8. The van der Waals surface area contributed by atoms with E-state index in [1.165, 1.54) is 0 Å². The van der Waals surface area contributed by atoms with Gasteiger partial charge in [-0.2, -0.15) is 0 Å². The van der Waals surface area contributed by atoms with Crippen LogP contribution in [0.2, 0.25) is 0 Å². The van der Waals surface area contributed by atoms with Crippen molar-refractivity contribution in [1.82, 2.24) is 4.98 Å². The zero-order valence-corrected chi connectivity index (χ0v) is 14.0. The highest BCUT2D eigenvalue weighted by Crippen LogP contribution is 2.37. The highest BCUT2D eigenvalue weighted by molar-refractivity contribution is 6.08. The number of aromatic nitrogens is 1. The van der Waals surface area contributed by atoms with Crippen LogP contribution in [0.15, 0.2) is 78.9 Å². The molecule has 0 unspecified atom stereocenters. The first kappa shape index (κ1) is 15.8. The molecule has 0 saturated carbocycles. The van der Waals surface area contributed by atoms with Crippen LogP contribution in [0, 0.1) is 0 Å². The predicted molar refractivity (Wildman–Crippen MR) is 106 cm³/mol. The number of amides is 1. The first-order chi connectivity index (χ1) is 12.6. The molecule has 4 aromatic rings. The molecule has 0 spiro atoms. The van der Waals surface area contributed by atoms with Gasteiger partial charge in [-0.25, -0.2) is 4.98 Å². The maximum atomic E-state index is 12.0. The number of rotatable bonds is 3. The molecule has 1 aromatic heterocycles. The second-order valence-corrected chi connectivity index (χ2v) is 6.07. The summed E-state index contributed by atoms with van der Waals surface area (Å²) in [6, 6.07) is 24.9. The molecule has 0 aliphatic carbocycles. The van der Waals surface area contributed by atoms with Gasteiger partial charge in [-0.1, -0.05) is 54.6 Å². The molecule has 3 aromatic carbocycles. The molecule has 0 fully saturated rings. The zero-order chi connectivity index (χ0) is 18.1. The molecular weight excluding hydrogens is 322 g/mol. The molecule has 0 aliphatic rings. The van der Waals surface area contributed by atoms with E-state index in [1.54, 1.807) is 18.2 Å². The summed E-state index contributed by atoms with van der Waals surface area (Å²) in [4.78, 5) is 16.8. The van der Waals surface area contributed by atoms with E-state index in [9.17, 15) is 4.79 Å². The van der Waals surface area contributed by atoms with E-state index in [0.29, 0.717) is 16.8 Å². The Bertz CT molecular complexity index is 1120. The van der Waals surface area contributed by atoms with Gasteiger partial charge in [-0.3, -0.25) is 4.79 Å². The summed E-state index contributed by atoms with van der Waals surface area (Å²) in [5.41, 5.74) is 16.9. The molecule has 0 saturated heterocycles. The fourth-order valence-corrected chi connectivity index (χ4v) is 3.22. The Hall–Kier alpha value is -3.66. The van der Waals surface area contributed by atoms with Crippen LogP contribution in [0.25, 0.3) is 33.3 Å². The van der Waals surface area contributed by atoms with Gasteiger partial charge >= 0.3 is 0 Å². The molecule has 0 aliphatic heterocycles. The van der Waals surface area contributed by atoms with Crippen LogP contribution in [0.3, 0.4) is 0 Å². The van der Waals surface area contributed by atoms with Crippen molar-refractivity contribution in [2.75, 3.05) is 5.73 Å². The summed E-state index contributed by atoms with van der Waals surface area (Å²) in [6.07, 6.45) is 0. The van der Waals surface area contributed by atoms with Crippen molar-refractivity contribution in [3.8, 4) is 22.4 Å². The largest absolute Gasteiger partial charge is 0.398 e. The van der Waals surface area contributed by atoms with Crippen LogP contribution >= 0.6 is 0 Å². The fraction of sp³-hybridized carbons (Fsp3) is 0. The maximum absolute atomic E-state index is 12.0. The Labute approximate surface area is 151 Å². The standard InChI is InChI=1S/C22H17N3O/c23-18-11-6-10-16(22(24)26)21(18)17-13-20(14-7-2-1-3-8-14)25-19-12-5-4-9-15(17)19/h1-13H,23H2,(H2,24,26). The molecule has 1 heterocycles. The van der Waals surface area contributed by atoms with Gasteiger partial charge in [0.15, 0.2) is 0 Å². The summed E-state index contributed by atoms with van der Waals surface area (Å²) in [5, 5.41) is 0.924. The molecule has 26 heavy (non-hydrogen) atoms. The Morgan fingerprint density at radius 1 is 0.846 bits per heavy atom. The third-order valence-electron chi connectivity index (χ3n) is 4.42. The van der Waals surface area contributed by atoms with Gasteiger partial charge in [0, 0.05) is 27.8 Å². The number of nitrogens with zero attached hydrogens (tertiary/aromatic N) is 1. The third kappa shape index (κ3) is 2.67. The van der Waals surface area contributed by atoms with Crippen LogP contribution in [-0.2, 0) is 0 Å². The quantitative estimate of drug-likeness (QED) is 0.547. The number of para-hydroxylation sites is 1. The van der Waals surface area contributed by atoms with Crippen molar-refractivity contribution in [2.24, 2.45) is 5.73 Å². The van der Waals surface area contributed by atoms with E-state index in [-0.39, 0.29) is 0 Å². The summed E-state index contributed by atoms with van der Waals surface area (Å²) in [5.74, 6) is -0.505. The van der Waals surface area contributed by atoms with Gasteiger partial charge in [0.2, 0.25) is 5.91 Å². The van der Waals surface area contributed by atoms with E-state index >= 15 is 0 Å². The molecule has 0 atom stereocenters. The van der Waals surface area contributed by atoms with E-state index in [1.807, 2.05) is 60.7 Å². The first-order valence-corrected chi connectivity index (χ1v) is 8.29. The van der Waals surface area contributed by atoms with Gasteiger partial charge in [0.05, 0.1) is 11.2 Å². The Kier molecular flexibility index (Phi) is 3.86. The third-order valence-corrected chi connectivity index (χ3v) is 4.42. The smallest absolute Gasteiger partial charge is 0.249 e. The van der Waals surface area contributed by atoms with Crippen LogP contribution in [0.1, 0.15) is 10.4 Å². The van der Waals surface area contributed by atoms with E-state index in [4.69, 9.17) is 16.5 Å². The number of benzene rings is 3. The highest BCUT2D eigenvalue weighted by atomic mass is 16.1. The van der Waals surface area contributed by atoms with Gasteiger partial charge < -0.3 is 11.5 Å². The van der Waals surface area contributed by atoms with Crippen molar-refractivity contribution in [3.63, 3.8) is 0 Å². The minimum atomic E-state index is -0.505. The molecular formula is C22H17N3O. The van der Waals surface area contributed by atoms with Gasteiger partial charge in [0.1, 0.15) is 0 Å². The van der Waals surface area contributed by atoms with Crippen LogP contribution in [0.5, 0.6) is 0 Å². The SMILES string of the molecule is NC(=O)c1cccc(N)c1-c1cc(-c2ccccc2)nc2ccccc12. The van der Waals surface area contributed by atoms with Crippen LogP contribution in [0.4, 0.5) is 5.69 Å². The number of primary amides is 1. The monoisotopic (exact) mass is 339 g/mol. The second kappa shape index (κ2) is 6.33. The summed E-state index contributed by atoms with van der Waals surface area (Å²) in [7, 11) is 0. The van der Waals surface area contributed by atoms with Gasteiger partial charge in [-0.05, 0) is 29.8 Å². The molecule has 0 radical (unpaired) electrons. The average Bonchev–Trinajstić information content (AvgIpc) is 2.67. The number of carbonyl (C=O) groups excluding carboxylic acids is 1. The van der Waals surface area contributed by atoms with Crippen LogP contribution in [-0.4, -0.2) is 10.9 Å². The van der Waals surface area contributed by atoms with Gasteiger partial charge in [-0.15, -0.1) is 0 Å². The fourth-order valence-electron chi connectivity index (χ4n) is 3.22. The zero-order valence-electron chi connectivity index (χ0n) is 14.0. The lowest BCUT2D eigenvalue weighted by atomic mass is 9.93. The number of nitrogens with two attached hydrogens (primary N) is 2. The highest BCUT2D eigenvalue weighted by Gasteiger charge is 2.17. The Morgan fingerprint density at radius 2 is 1.58 bits per heavy atom. The number of nitrogen functional groups attached to an aromatic ring is 1. The number of hydrogen-bond donors (Lipinski definition) is 2. The number of carbonyl (C=O) groups is 1. The van der Waals surface area contributed by atoms with E-state index in [0.717, 1.165) is 27.7 Å². The molecule has 4 rings (SSSR count). The van der Waals surface area contributed by atoms with Crippen molar-refractivity contribution in [1.29, 1.82) is 0 Å². The first-order valence-electron chi connectivity index (χ1n) is 8.29. The van der Waals surface area contributed by atoms with Crippen LogP contribution < -0.4 is 11.5 Å². The number of fused-ring (bicyclic) bond motifs is 1. The molecule has 4 N–H and O–H groups in total. The molecule has 1 amide bonds. The number of anilines is 1. The summed E-state index contributed by atoms with van der Waals surface area (Å²) < 4.78 is 0. The van der Waals surface area contributed by atoms with E-state index in [2.05, 4.69) is 0 Å². The summed E-state index contributed by atoms with van der Waals surface area (Å²) >= 11 is 0. The lowest BCUT2D eigenvalue weighted by molar-refractivity contribution is 0.100. The minimum Gasteiger partial charge on any atom is -0.398 e. The summed E-state index contributed by atoms with van der Waals surface area (Å²) in [6.45, 7) is 0. The Balaban J connectivity index is 2.09. The van der Waals surface area contributed by atoms with E-state index < -0.39 is 5.91 Å². The Morgan fingerprint density at radius 3 is 2.35 bits per heavy atom. The lowest BCUT2D eigenvalue weighted by Gasteiger charge is -2.14. The topological polar surface area (TPSA) is 82.0 Å². The molecule has 0 bridgehead atoms. The van der Waals surface area contributed by atoms with Crippen molar-refractivity contribution < 1.29 is 4.79 Å². The predicted octanol–water partition coefficient (Wildman–Crippen LogP) is 4.25. The van der Waals surface area contributed by atoms with Crippen molar-refractivity contribution >= 4 is 22.5 Å². The van der Waals surface area contributed by atoms with Gasteiger partial charge in [0.25, 0.3) is 0 Å².